The van der Waals surface area contributed by atoms with Crippen LogP contribution >= 0.6 is 23.2 Å². The van der Waals surface area contributed by atoms with Gasteiger partial charge in [-0.15, -0.1) is 0 Å². The highest BCUT2D eigenvalue weighted by Gasteiger charge is 2.23. The number of urea groups is 1. The first-order chi connectivity index (χ1) is 15.4. The van der Waals surface area contributed by atoms with Gasteiger partial charge in [0.1, 0.15) is 5.82 Å². The van der Waals surface area contributed by atoms with E-state index in [1.807, 2.05) is 6.07 Å². The van der Waals surface area contributed by atoms with E-state index in [0.29, 0.717) is 28.0 Å². The number of rotatable bonds is 6. The highest BCUT2D eigenvalue weighted by Crippen LogP contribution is 2.35. The Morgan fingerprint density at radius 2 is 1.78 bits per heavy atom. The van der Waals surface area contributed by atoms with Crippen LogP contribution in [-0.2, 0) is 11.2 Å². The number of carbonyl (C=O) groups is 2. The van der Waals surface area contributed by atoms with Crippen molar-refractivity contribution in [1.29, 1.82) is 0 Å². The van der Waals surface area contributed by atoms with Gasteiger partial charge in [0.15, 0.2) is 0 Å². The SMILES string of the molecule is O=C(O)Cc1ccc(-n2nc(C3CCCC3)cc2NC(=O)Nc2cccc(Cl)c2Cl)cc1. The summed E-state index contributed by atoms with van der Waals surface area (Å²) >= 11 is 12.2. The molecule has 32 heavy (non-hydrogen) atoms. The number of carboxylic acid groups (broad SMARTS) is 1. The van der Waals surface area contributed by atoms with E-state index < -0.39 is 12.0 Å². The molecule has 0 bridgehead atoms. The summed E-state index contributed by atoms with van der Waals surface area (Å²) < 4.78 is 1.66. The van der Waals surface area contributed by atoms with E-state index in [1.54, 1.807) is 47.1 Å². The van der Waals surface area contributed by atoms with E-state index >= 15 is 0 Å². The second-order valence-corrected chi connectivity index (χ2v) is 8.55. The van der Waals surface area contributed by atoms with Gasteiger partial charge >= 0.3 is 12.0 Å². The first-order valence-electron chi connectivity index (χ1n) is 10.3. The standard InChI is InChI=1S/C23H22Cl2N4O3/c24-17-6-3-7-18(22(17)25)26-23(32)27-20-13-19(15-4-1-2-5-15)28-29(20)16-10-8-14(9-11-16)12-21(30)31/h3,6-11,13,15H,1-2,4-5,12H2,(H,30,31)(H2,26,27,32). The Hall–Kier alpha value is -3.03. The number of hydrogen-bond acceptors (Lipinski definition) is 3. The number of anilines is 2. The number of nitrogens with zero attached hydrogens (tertiary/aromatic N) is 2. The number of aromatic nitrogens is 2. The fourth-order valence-corrected chi connectivity index (χ4v) is 4.25. The molecule has 1 aliphatic rings. The third kappa shape index (κ3) is 5.06. The zero-order chi connectivity index (χ0) is 22.7. The molecule has 1 saturated carbocycles. The molecule has 3 N–H and O–H groups in total. The normalized spacial score (nSPS) is 13.8. The quantitative estimate of drug-likeness (QED) is 0.403. The minimum Gasteiger partial charge on any atom is -0.481 e. The van der Waals surface area contributed by atoms with E-state index in [-0.39, 0.29) is 11.4 Å². The molecule has 1 aromatic heterocycles. The van der Waals surface area contributed by atoms with Gasteiger partial charge in [-0.3, -0.25) is 10.1 Å². The third-order valence-corrected chi connectivity index (χ3v) is 6.30. The maximum absolute atomic E-state index is 12.7. The monoisotopic (exact) mass is 472 g/mol. The van der Waals surface area contributed by atoms with Gasteiger partial charge in [-0.2, -0.15) is 5.10 Å². The van der Waals surface area contributed by atoms with Crippen molar-refractivity contribution < 1.29 is 14.7 Å². The van der Waals surface area contributed by atoms with Gasteiger partial charge in [0, 0.05) is 12.0 Å². The lowest BCUT2D eigenvalue weighted by Crippen LogP contribution is -2.21. The summed E-state index contributed by atoms with van der Waals surface area (Å²) in [5.41, 5.74) is 2.73. The average molecular weight is 473 g/mol. The number of carboxylic acids is 1. The first-order valence-corrected chi connectivity index (χ1v) is 11.1. The Bertz CT molecular complexity index is 1140. The van der Waals surface area contributed by atoms with E-state index in [4.69, 9.17) is 33.4 Å². The molecule has 7 nitrogen and oxygen atoms in total. The van der Waals surface area contributed by atoms with Crippen LogP contribution in [0.5, 0.6) is 0 Å². The van der Waals surface area contributed by atoms with E-state index in [1.165, 1.54) is 0 Å². The molecule has 1 fully saturated rings. The summed E-state index contributed by atoms with van der Waals surface area (Å²) in [6, 6.07) is 13.5. The summed E-state index contributed by atoms with van der Waals surface area (Å²) in [5.74, 6) is -0.0267. The van der Waals surface area contributed by atoms with Crippen molar-refractivity contribution in [3.63, 3.8) is 0 Å². The minimum atomic E-state index is -0.890. The smallest absolute Gasteiger partial charge is 0.324 e. The summed E-state index contributed by atoms with van der Waals surface area (Å²) in [4.78, 5) is 23.7. The van der Waals surface area contributed by atoms with Crippen molar-refractivity contribution in [2.24, 2.45) is 0 Å². The molecule has 0 atom stereocenters. The molecule has 4 rings (SSSR count). The van der Waals surface area contributed by atoms with Crippen molar-refractivity contribution in [2.75, 3.05) is 10.6 Å². The molecule has 2 amide bonds. The maximum Gasteiger partial charge on any atom is 0.324 e. The Kier molecular flexibility index (Phi) is 6.67. The molecule has 0 aliphatic heterocycles. The van der Waals surface area contributed by atoms with E-state index in [9.17, 15) is 9.59 Å². The third-order valence-electron chi connectivity index (χ3n) is 5.48. The summed E-state index contributed by atoms with van der Waals surface area (Å²) in [6.07, 6.45) is 4.41. The van der Waals surface area contributed by atoms with Crippen molar-refractivity contribution in [3.8, 4) is 5.69 Å². The molecule has 9 heteroatoms. The van der Waals surface area contributed by atoms with Crippen LogP contribution in [-0.4, -0.2) is 26.9 Å². The predicted octanol–water partition coefficient (Wildman–Crippen LogP) is 6.11. The Labute approximate surface area is 195 Å². The average Bonchev–Trinajstić information content (AvgIpc) is 3.42. The van der Waals surface area contributed by atoms with E-state index in [0.717, 1.165) is 37.1 Å². The van der Waals surface area contributed by atoms with Crippen LogP contribution in [0.2, 0.25) is 10.0 Å². The molecule has 0 unspecified atom stereocenters. The van der Waals surface area contributed by atoms with Crippen LogP contribution in [0.1, 0.15) is 42.9 Å². The molecule has 3 aromatic rings. The van der Waals surface area contributed by atoms with Gasteiger partial charge in [-0.25, -0.2) is 9.48 Å². The Morgan fingerprint density at radius 3 is 2.47 bits per heavy atom. The number of benzene rings is 2. The molecule has 0 radical (unpaired) electrons. The highest BCUT2D eigenvalue weighted by atomic mass is 35.5. The second-order valence-electron chi connectivity index (χ2n) is 7.77. The first kappa shape index (κ1) is 22.2. The second kappa shape index (κ2) is 9.63. The van der Waals surface area contributed by atoms with Gasteiger partial charge in [-0.1, -0.05) is 54.2 Å². The summed E-state index contributed by atoms with van der Waals surface area (Å²) in [7, 11) is 0. The fraction of sp³-hybridized carbons (Fsp3) is 0.261. The van der Waals surface area contributed by atoms with Gasteiger partial charge in [0.25, 0.3) is 0 Å². The molecule has 0 saturated heterocycles. The number of halogens is 2. The van der Waals surface area contributed by atoms with E-state index in [2.05, 4.69) is 10.6 Å². The number of amides is 2. The van der Waals surface area contributed by atoms with Crippen LogP contribution in [0.25, 0.3) is 5.69 Å². The largest absolute Gasteiger partial charge is 0.481 e. The predicted molar refractivity (Wildman–Crippen MR) is 125 cm³/mol. The molecule has 1 heterocycles. The zero-order valence-corrected chi connectivity index (χ0v) is 18.7. The van der Waals surface area contributed by atoms with Crippen LogP contribution in [0.4, 0.5) is 16.3 Å². The lowest BCUT2D eigenvalue weighted by molar-refractivity contribution is -0.136. The lowest BCUT2D eigenvalue weighted by Gasteiger charge is -2.11. The molecule has 1 aliphatic carbocycles. The number of carbonyl (C=O) groups excluding carboxylic acids is 1. The zero-order valence-electron chi connectivity index (χ0n) is 17.1. The van der Waals surface area contributed by atoms with Gasteiger partial charge < -0.3 is 10.4 Å². The van der Waals surface area contributed by atoms with Crippen LogP contribution in [0, 0.1) is 0 Å². The topological polar surface area (TPSA) is 96.2 Å². The number of aliphatic carboxylic acids is 1. The molecule has 2 aromatic carbocycles. The number of nitrogens with one attached hydrogen (secondary N) is 2. The lowest BCUT2D eigenvalue weighted by atomic mass is 10.0. The van der Waals surface area contributed by atoms with Crippen LogP contribution in [0.15, 0.2) is 48.5 Å². The molecule has 0 spiro atoms. The summed E-state index contributed by atoms with van der Waals surface area (Å²) in [5, 5.41) is 19.9. The van der Waals surface area contributed by atoms with Crippen LogP contribution < -0.4 is 10.6 Å². The Morgan fingerprint density at radius 1 is 1.06 bits per heavy atom. The molecule has 166 valence electrons. The molecular formula is C23H22Cl2N4O3. The van der Waals surface area contributed by atoms with Crippen LogP contribution in [0.3, 0.4) is 0 Å². The van der Waals surface area contributed by atoms with Gasteiger partial charge in [0.2, 0.25) is 0 Å². The number of hydrogen-bond donors (Lipinski definition) is 3. The minimum absolute atomic E-state index is 0.0549. The van der Waals surface area contributed by atoms with Crippen molar-refractivity contribution >= 4 is 46.7 Å². The maximum atomic E-state index is 12.7. The summed E-state index contributed by atoms with van der Waals surface area (Å²) in [6.45, 7) is 0. The van der Waals surface area contributed by atoms with Gasteiger partial charge in [-0.05, 0) is 42.7 Å². The van der Waals surface area contributed by atoms with Crippen molar-refractivity contribution in [1.82, 2.24) is 9.78 Å². The fourth-order valence-electron chi connectivity index (χ4n) is 3.91. The molecular weight excluding hydrogens is 451 g/mol. The highest BCUT2D eigenvalue weighted by molar-refractivity contribution is 6.44. The van der Waals surface area contributed by atoms with Gasteiger partial charge in [0.05, 0.1) is 33.5 Å². The van der Waals surface area contributed by atoms with Crippen molar-refractivity contribution in [3.05, 3.63) is 69.8 Å². The Balaban J connectivity index is 1.60. The van der Waals surface area contributed by atoms with Crippen molar-refractivity contribution in [2.45, 2.75) is 38.0 Å².